The molecule has 1 aliphatic carbocycles. The highest BCUT2D eigenvalue weighted by Gasteiger charge is 2.17. The van der Waals surface area contributed by atoms with Crippen molar-refractivity contribution in [2.24, 2.45) is 11.7 Å². The van der Waals surface area contributed by atoms with Crippen LogP contribution in [0, 0.1) is 11.7 Å². The first-order valence-electron chi connectivity index (χ1n) is 7.76. The van der Waals surface area contributed by atoms with Crippen molar-refractivity contribution in [3.05, 3.63) is 34.5 Å². The van der Waals surface area contributed by atoms with Gasteiger partial charge in [-0.1, -0.05) is 25.3 Å². The van der Waals surface area contributed by atoms with Crippen molar-refractivity contribution < 1.29 is 9.13 Å². The molecule has 0 aliphatic heterocycles. The summed E-state index contributed by atoms with van der Waals surface area (Å²) in [6.07, 6.45) is 6.52. The van der Waals surface area contributed by atoms with Crippen molar-refractivity contribution in [1.29, 1.82) is 0 Å². The van der Waals surface area contributed by atoms with Gasteiger partial charge in [0.15, 0.2) is 0 Å². The zero-order valence-corrected chi connectivity index (χ0v) is 13.1. The molecule has 0 spiro atoms. The van der Waals surface area contributed by atoms with Crippen LogP contribution in [0.15, 0.2) is 18.2 Å². The zero-order valence-electron chi connectivity index (χ0n) is 12.2. The molecule has 1 aromatic heterocycles. The highest BCUT2D eigenvalue weighted by Crippen LogP contribution is 2.34. The molecule has 0 saturated heterocycles. The first-order chi connectivity index (χ1) is 10.3. The fourth-order valence-corrected chi connectivity index (χ4v) is 4.32. The number of fused-ring (bicyclic) bond motifs is 1. The lowest BCUT2D eigenvalue weighted by molar-refractivity contribution is 0.0743. The quantitative estimate of drug-likeness (QED) is 0.876. The summed E-state index contributed by atoms with van der Waals surface area (Å²) in [5, 5.41) is 0.701. The summed E-state index contributed by atoms with van der Waals surface area (Å²) in [5.74, 6) is 0.509. The number of hydrogen-bond acceptors (Lipinski definition) is 3. The molecule has 1 saturated carbocycles. The highest BCUT2D eigenvalue weighted by atomic mass is 32.1. The molecule has 0 atom stereocenters. The van der Waals surface area contributed by atoms with E-state index in [4.69, 9.17) is 10.5 Å². The maximum Gasteiger partial charge on any atom is 0.132 e. The Morgan fingerprint density at radius 2 is 2.05 bits per heavy atom. The predicted molar refractivity (Wildman–Crippen MR) is 85.9 cm³/mol. The van der Waals surface area contributed by atoms with Crippen LogP contribution in [0.1, 0.15) is 42.5 Å². The summed E-state index contributed by atoms with van der Waals surface area (Å²) in [6.45, 7) is 1.71. The molecule has 1 aliphatic rings. The summed E-state index contributed by atoms with van der Waals surface area (Å²) >= 11 is 1.58. The number of rotatable bonds is 5. The third-order valence-electron chi connectivity index (χ3n) is 4.36. The van der Waals surface area contributed by atoms with Crippen LogP contribution in [-0.4, -0.2) is 6.61 Å². The second-order valence-electron chi connectivity index (χ2n) is 5.84. The van der Waals surface area contributed by atoms with Crippen LogP contribution in [0.25, 0.3) is 10.1 Å². The molecule has 0 unspecified atom stereocenters. The molecule has 4 heteroatoms. The van der Waals surface area contributed by atoms with Gasteiger partial charge in [0, 0.05) is 33.7 Å². The van der Waals surface area contributed by atoms with E-state index in [1.54, 1.807) is 17.4 Å². The van der Waals surface area contributed by atoms with E-state index >= 15 is 0 Å². The van der Waals surface area contributed by atoms with Gasteiger partial charge >= 0.3 is 0 Å². The third-order valence-corrected chi connectivity index (χ3v) is 5.58. The van der Waals surface area contributed by atoms with Gasteiger partial charge in [-0.3, -0.25) is 0 Å². The average molecular weight is 307 g/mol. The van der Waals surface area contributed by atoms with E-state index in [1.807, 2.05) is 6.07 Å². The summed E-state index contributed by atoms with van der Waals surface area (Å²) < 4.78 is 21.0. The van der Waals surface area contributed by atoms with Crippen LogP contribution in [0.4, 0.5) is 4.39 Å². The standard InChI is InChI=1S/C17H22FNOS/c18-14-7-4-8-15-17(14)13(16(9-19)21-15)11-20-10-12-5-2-1-3-6-12/h4,7-8,12H,1-3,5-6,9-11,19H2. The van der Waals surface area contributed by atoms with E-state index in [-0.39, 0.29) is 5.82 Å². The van der Waals surface area contributed by atoms with Gasteiger partial charge in [0.25, 0.3) is 0 Å². The summed E-state index contributed by atoms with van der Waals surface area (Å²) in [4.78, 5) is 1.04. The van der Waals surface area contributed by atoms with Gasteiger partial charge in [-0.05, 0) is 30.9 Å². The number of nitrogens with two attached hydrogens (primary N) is 1. The Bertz CT molecular complexity index is 604. The van der Waals surface area contributed by atoms with Crippen LogP contribution in [0.3, 0.4) is 0 Å². The van der Waals surface area contributed by atoms with Crippen molar-refractivity contribution >= 4 is 21.4 Å². The lowest BCUT2D eigenvalue weighted by Crippen LogP contribution is -2.13. The van der Waals surface area contributed by atoms with Crippen molar-refractivity contribution in [2.75, 3.05) is 6.61 Å². The molecule has 1 aromatic carbocycles. The molecule has 114 valence electrons. The number of benzene rings is 1. The lowest BCUT2D eigenvalue weighted by Gasteiger charge is -2.21. The van der Waals surface area contributed by atoms with Crippen LogP contribution in [-0.2, 0) is 17.9 Å². The minimum absolute atomic E-state index is 0.167. The third kappa shape index (κ3) is 3.28. The van der Waals surface area contributed by atoms with Gasteiger partial charge in [-0.25, -0.2) is 4.39 Å². The summed E-state index contributed by atoms with van der Waals surface area (Å²) in [6, 6.07) is 5.22. The average Bonchev–Trinajstić information content (AvgIpc) is 2.88. The number of thiophene rings is 1. The van der Waals surface area contributed by atoms with E-state index < -0.39 is 0 Å². The molecular formula is C17H22FNOS. The molecule has 2 aromatic rings. The van der Waals surface area contributed by atoms with Crippen molar-refractivity contribution in [3.63, 3.8) is 0 Å². The molecule has 2 N–H and O–H groups in total. The lowest BCUT2D eigenvalue weighted by atomic mass is 9.90. The van der Waals surface area contributed by atoms with Crippen LogP contribution in [0.5, 0.6) is 0 Å². The first-order valence-corrected chi connectivity index (χ1v) is 8.58. The summed E-state index contributed by atoms with van der Waals surface area (Å²) in [5.41, 5.74) is 6.76. The summed E-state index contributed by atoms with van der Waals surface area (Å²) in [7, 11) is 0. The zero-order chi connectivity index (χ0) is 14.7. The molecular weight excluding hydrogens is 285 g/mol. The van der Waals surface area contributed by atoms with Gasteiger partial charge in [0.2, 0.25) is 0 Å². The molecule has 0 radical (unpaired) electrons. The van der Waals surface area contributed by atoms with Crippen molar-refractivity contribution in [3.8, 4) is 0 Å². The van der Waals surface area contributed by atoms with E-state index in [9.17, 15) is 4.39 Å². The van der Waals surface area contributed by atoms with E-state index in [1.165, 1.54) is 38.2 Å². The largest absolute Gasteiger partial charge is 0.376 e. The van der Waals surface area contributed by atoms with Gasteiger partial charge in [0.05, 0.1) is 6.61 Å². The fraction of sp³-hybridized carbons (Fsp3) is 0.529. The normalized spacial score (nSPS) is 16.7. The Morgan fingerprint density at radius 1 is 1.24 bits per heavy atom. The van der Waals surface area contributed by atoms with Gasteiger partial charge in [-0.15, -0.1) is 11.3 Å². The fourth-order valence-electron chi connectivity index (χ4n) is 3.22. The maximum absolute atomic E-state index is 14.1. The second kappa shape index (κ2) is 6.86. The highest BCUT2D eigenvalue weighted by molar-refractivity contribution is 7.19. The molecule has 0 amide bonds. The molecule has 3 rings (SSSR count). The smallest absolute Gasteiger partial charge is 0.132 e. The molecule has 1 heterocycles. The topological polar surface area (TPSA) is 35.2 Å². The Morgan fingerprint density at radius 3 is 2.81 bits per heavy atom. The second-order valence-corrected chi connectivity index (χ2v) is 6.98. The van der Waals surface area contributed by atoms with Crippen molar-refractivity contribution in [2.45, 2.75) is 45.3 Å². The SMILES string of the molecule is NCc1sc2cccc(F)c2c1COCC1CCCCC1. The Balaban J connectivity index is 1.73. The number of halogens is 1. The van der Waals surface area contributed by atoms with Crippen LogP contribution in [0.2, 0.25) is 0 Å². The van der Waals surface area contributed by atoms with Crippen LogP contribution < -0.4 is 5.73 Å². The maximum atomic E-state index is 14.1. The molecule has 0 bridgehead atoms. The Kier molecular flexibility index (Phi) is 4.88. The Hall–Kier alpha value is -0.970. The van der Waals surface area contributed by atoms with E-state index in [0.717, 1.165) is 21.7 Å². The first kappa shape index (κ1) is 14.9. The Labute approximate surface area is 129 Å². The minimum atomic E-state index is -0.167. The van der Waals surface area contributed by atoms with Crippen molar-refractivity contribution in [1.82, 2.24) is 0 Å². The minimum Gasteiger partial charge on any atom is -0.376 e. The van der Waals surface area contributed by atoms with Gasteiger partial charge in [0.1, 0.15) is 5.82 Å². The molecule has 21 heavy (non-hydrogen) atoms. The molecule has 2 nitrogen and oxygen atoms in total. The number of ether oxygens (including phenoxy) is 1. The van der Waals surface area contributed by atoms with Gasteiger partial charge < -0.3 is 10.5 Å². The number of hydrogen-bond donors (Lipinski definition) is 1. The predicted octanol–water partition coefficient (Wildman–Crippen LogP) is 4.60. The monoisotopic (exact) mass is 307 g/mol. The van der Waals surface area contributed by atoms with E-state index in [0.29, 0.717) is 24.5 Å². The van der Waals surface area contributed by atoms with E-state index in [2.05, 4.69) is 0 Å². The van der Waals surface area contributed by atoms with Crippen LogP contribution >= 0.6 is 11.3 Å². The molecule has 1 fully saturated rings. The van der Waals surface area contributed by atoms with Gasteiger partial charge in [-0.2, -0.15) is 0 Å².